The quantitative estimate of drug-likeness (QED) is 0.656. The van der Waals surface area contributed by atoms with Gasteiger partial charge in [-0.25, -0.2) is 8.78 Å². The van der Waals surface area contributed by atoms with Crippen LogP contribution in [0.15, 0.2) is 54.6 Å². The van der Waals surface area contributed by atoms with Crippen molar-refractivity contribution >= 4 is 5.91 Å². The van der Waals surface area contributed by atoms with Crippen LogP contribution in [-0.4, -0.2) is 48.1 Å². The molecule has 1 saturated carbocycles. The lowest BCUT2D eigenvalue weighted by Gasteiger charge is -2.37. The second kappa shape index (κ2) is 9.77. The Bertz CT molecular complexity index is 930. The molecular formula is C26H32F2N2O3. The fraction of sp³-hybridized carbons (Fsp3) is 0.500. The number of halogens is 2. The Labute approximate surface area is 193 Å². The van der Waals surface area contributed by atoms with Crippen LogP contribution in [0.1, 0.15) is 43.2 Å². The minimum atomic E-state index is -2.85. The average molecular weight is 459 g/mol. The Morgan fingerprint density at radius 3 is 2.36 bits per heavy atom. The van der Waals surface area contributed by atoms with Gasteiger partial charge in [0.15, 0.2) is 5.60 Å². The smallest absolute Gasteiger partial charge is 0.257 e. The Balaban J connectivity index is 1.38. The van der Waals surface area contributed by atoms with Crippen molar-refractivity contribution in [1.29, 1.82) is 0 Å². The highest BCUT2D eigenvalue weighted by Gasteiger charge is 2.53. The van der Waals surface area contributed by atoms with Gasteiger partial charge in [0.1, 0.15) is 5.75 Å². The van der Waals surface area contributed by atoms with E-state index in [-0.39, 0.29) is 18.9 Å². The lowest BCUT2D eigenvalue weighted by atomic mass is 9.79. The molecule has 4 rings (SSSR count). The highest BCUT2D eigenvalue weighted by Crippen LogP contribution is 2.47. The standard InChI is InChI=1S/C26H32F2N2O3/c1-33-23-9-7-19(8-10-23)18-30-15-12-22(13-16-30)29-24(31)26(32,20-5-3-2-4-6-20)21-11-14-25(27,28)17-21/h2-10,21-22,32H,11-18H2,1H3,(H,29,31)/t21-,26+/m1/s1. The van der Waals surface area contributed by atoms with Gasteiger partial charge in [-0.2, -0.15) is 0 Å². The SMILES string of the molecule is COc1ccc(CN2CCC(NC(=O)[C@](O)(c3ccccc3)[C@@H]3CCC(F)(F)C3)CC2)cc1. The number of hydrogen-bond donors (Lipinski definition) is 2. The van der Waals surface area contributed by atoms with Gasteiger partial charge in [-0.1, -0.05) is 42.5 Å². The van der Waals surface area contributed by atoms with Gasteiger partial charge in [0.05, 0.1) is 7.11 Å². The number of alkyl halides is 2. The monoisotopic (exact) mass is 458 g/mol. The zero-order valence-corrected chi connectivity index (χ0v) is 19.0. The van der Waals surface area contributed by atoms with Crippen molar-refractivity contribution in [3.8, 4) is 5.75 Å². The van der Waals surface area contributed by atoms with E-state index in [1.165, 1.54) is 5.56 Å². The Hall–Kier alpha value is -2.51. The highest BCUT2D eigenvalue weighted by atomic mass is 19.3. The summed E-state index contributed by atoms with van der Waals surface area (Å²) in [5.74, 6) is -3.40. The molecule has 1 saturated heterocycles. The number of likely N-dealkylation sites (tertiary alicyclic amines) is 1. The molecule has 0 spiro atoms. The summed E-state index contributed by atoms with van der Waals surface area (Å²) in [6.45, 7) is 2.43. The first kappa shape index (κ1) is 23.6. The van der Waals surface area contributed by atoms with E-state index >= 15 is 0 Å². The maximum atomic E-state index is 14.0. The van der Waals surface area contributed by atoms with Crippen LogP contribution in [-0.2, 0) is 16.9 Å². The Kier molecular flexibility index (Phi) is 7.00. The van der Waals surface area contributed by atoms with Crippen LogP contribution < -0.4 is 10.1 Å². The minimum Gasteiger partial charge on any atom is -0.497 e. The number of methoxy groups -OCH3 is 1. The topological polar surface area (TPSA) is 61.8 Å². The average Bonchev–Trinajstić information content (AvgIpc) is 3.21. The fourth-order valence-corrected chi connectivity index (χ4v) is 5.07. The van der Waals surface area contributed by atoms with Gasteiger partial charge >= 0.3 is 0 Å². The third-order valence-electron chi connectivity index (χ3n) is 7.04. The molecule has 1 heterocycles. The molecular weight excluding hydrogens is 426 g/mol. The van der Waals surface area contributed by atoms with Crippen LogP contribution in [0.3, 0.4) is 0 Å². The highest BCUT2D eigenvalue weighted by molar-refractivity contribution is 5.87. The van der Waals surface area contributed by atoms with E-state index in [1.54, 1.807) is 37.4 Å². The Morgan fingerprint density at radius 1 is 1.12 bits per heavy atom. The zero-order chi connectivity index (χ0) is 23.5. The third-order valence-corrected chi connectivity index (χ3v) is 7.04. The summed E-state index contributed by atoms with van der Waals surface area (Å²) in [5.41, 5.74) is -0.387. The zero-order valence-electron chi connectivity index (χ0n) is 19.0. The molecule has 7 heteroatoms. The Morgan fingerprint density at radius 2 is 1.79 bits per heavy atom. The summed E-state index contributed by atoms with van der Waals surface area (Å²) >= 11 is 0. The molecule has 2 aromatic rings. The molecule has 5 nitrogen and oxygen atoms in total. The number of carbonyl (C=O) groups excluding carboxylic acids is 1. The van der Waals surface area contributed by atoms with Crippen LogP contribution in [0, 0.1) is 5.92 Å². The van der Waals surface area contributed by atoms with Gasteiger partial charge in [-0.15, -0.1) is 0 Å². The molecule has 2 atom stereocenters. The molecule has 0 radical (unpaired) electrons. The normalized spacial score (nSPS) is 23.1. The van der Waals surface area contributed by atoms with Crippen molar-refractivity contribution in [3.63, 3.8) is 0 Å². The second-order valence-electron chi connectivity index (χ2n) is 9.30. The molecule has 1 aliphatic carbocycles. The molecule has 1 amide bonds. The molecule has 2 aromatic carbocycles. The summed E-state index contributed by atoms with van der Waals surface area (Å²) in [4.78, 5) is 15.7. The summed E-state index contributed by atoms with van der Waals surface area (Å²) < 4.78 is 33.1. The largest absolute Gasteiger partial charge is 0.497 e. The minimum absolute atomic E-state index is 0.0956. The molecule has 0 aromatic heterocycles. The number of rotatable bonds is 7. The maximum Gasteiger partial charge on any atom is 0.257 e. The van der Waals surface area contributed by atoms with E-state index in [1.807, 2.05) is 24.3 Å². The molecule has 178 valence electrons. The molecule has 0 unspecified atom stereocenters. The molecule has 2 fully saturated rings. The van der Waals surface area contributed by atoms with E-state index in [9.17, 15) is 18.7 Å². The lowest BCUT2D eigenvalue weighted by Crippen LogP contribution is -2.54. The second-order valence-corrected chi connectivity index (χ2v) is 9.30. The van der Waals surface area contributed by atoms with Gasteiger partial charge in [0, 0.05) is 44.4 Å². The van der Waals surface area contributed by atoms with Crippen molar-refractivity contribution in [2.24, 2.45) is 5.92 Å². The number of amides is 1. The number of nitrogens with one attached hydrogen (secondary N) is 1. The number of carbonyl (C=O) groups is 1. The molecule has 2 aliphatic rings. The van der Waals surface area contributed by atoms with Crippen LogP contribution >= 0.6 is 0 Å². The van der Waals surface area contributed by atoms with E-state index in [0.29, 0.717) is 5.56 Å². The first-order valence-corrected chi connectivity index (χ1v) is 11.6. The summed E-state index contributed by atoms with van der Waals surface area (Å²) in [6, 6.07) is 16.4. The van der Waals surface area contributed by atoms with E-state index in [2.05, 4.69) is 10.2 Å². The molecule has 0 bridgehead atoms. The van der Waals surface area contributed by atoms with Gasteiger partial charge in [0.2, 0.25) is 5.92 Å². The summed E-state index contributed by atoms with van der Waals surface area (Å²) in [7, 11) is 1.64. The fourth-order valence-electron chi connectivity index (χ4n) is 5.07. The molecule has 33 heavy (non-hydrogen) atoms. The van der Waals surface area contributed by atoms with Gasteiger partial charge < -0.3 is 15.2 Å². The number of aliphatic hydroxyl groups is 1. The van der Waals surface area contributed by atoms with Crippen molar-refractivity contribution in [1.82, 2.24) is 10.2 Å². The van der Waals surface area contributed by atoms with E-state index in [4.69, 9.17) is 4.74 Å². The molecule has 2 N–H and O–H groups in total. The van der Waals surface area contributed by atoms with Crippen LogP contribution in [0.2, 0.25) is 0 Å². The number of ether oxygens (including phenoxy) is 1. The first-order valence-electron chi connectivity index (χ1n) is 11.6. The molecule has 1 aliphatic heterocycles. The number of nitrogens with zero attached hydrogens (tertiary/aromatic N) is 1. The van der Waals surface area contributed by atoms with Crippen LogP contribution in [0.5, 0.6) is 5.75 Å². The van der Waals surface area contributed by atoms with Crippen molar-refractivity contribution < 1.29 is 23.4 Å². The van der Waals surface area contributed by atoms with Crippen LogP contribution in [0.4, 0.5) is 8.78 Å². The third kappa shape index (κ3) is 5.36. The van der Waals surface area contributed by atoms with Gasteiger partial charge in [0.25, 0.3) is 5.91 Å². The maximum absolute atomic E-state index is 14.0. The van der Waals surface area contributed by atoms with Crippen LogP contribution in [0.25, 0.3) is 0 Å². The lowest BCUT2D eigenvalue weighted by molar-refractivity contribution is -0.149. The summed E-state index contributed by atoms with van der Waals surface area (Å²) in [5, 5.41) is 14.5. The van der Waals surface area contributed by atoms with Gasteiger partial charge in [-0.05, 0) is 42.5 Å². The van der Waals surface area contributed by atoms with Crippen molar-refractivity contribution in [2.75, 3.05) is 20.2 Å². The van der Waals surface area contributed by atoms with Gasteiger partial charge in [-0.3, -0.25) is 9.69 Å². The van der Waals surface area contributed by atoms with Crippen molar-refractivity contribution in [3.05, 3.63) is 65.7 Å². The predicted octanol–water partition coefficient (Wildman–Crippen LogP) is 4.10. The predicted molar refractivity (Wildman–Crippen MR) is 122 cm³/mol. The number of hydrogen-bond acceptors (Lipinski definition) is 4. The number of piperidine rings is 1. The number of benzene rings is 2. The van der Waals surface area contributed by atoms with E-state index in [0.717, 1.165) is 38.2 Å². The van der Waals surface area contributed by atoms with E-state index < -0.39 is 29.8 Å². The summed E-state index contributed by atoms with van der Waals surface area (Å²) in [6.07, 6.45) is 0.823. The first-order chi connectivity index (χ1) is 15.8. The van der Waals surface area contributed by atoms with Crippen molar-refractivity contribution in [2.45, 2.75) is 56.2 Å².